The van der Waals surface area contributed by atoms with Gasteiger partial charge in [0.25, 0.3) is 0 Å². The Morgan fingerprint density at radius 3 is 2.84 bits per heavy atom. The molecular formula is C15H15AsN2O. The van der Waals surface area contributed by atoms with Crippen molar-refractivity contribution >= 4 is 33.3 Å². The number of methoxy groups -OCH3 is 1. The summed E-state index contributed by atoms with van der Waals surface area (Å²) >= 11 is 2.59. The van der Waals surface area contributed by atoms with Gasteiger partial charge in [-0.25, -0.2) is 0 Å². The van der Waals surface area contributed by atoms with E-state index in [1.165, 1.54) is 21.1 Å². The normalized spacial score (nSPS) is 15.4. The van der Waals surface area contributed by atoms with Crippen molar-refractivity contribution in [3.8, 4) is 5.75 Å². The molecule has 0 saturated heterocycles. The Kier molecular flexibility index (Phi) is 3.15. The Morgan fingerprint density at radius 1 is 1.26 bits per heavy atom. The van der Waals surface area contributed by atoms with Crippen molar-refractivity contribution in [2.24, 2.45) is 0 Å². The van der Waals surface area contributed by atoms with E-state index in [0.717, 1.165) is 17.8 Å². The molecule has 4 heteroatoms. The molecule has 0 bridgehead atoms. The number of aromatic amines is 1. The van der Waals surface area contributed by atoms with Crippen LogP contribution >= 0.6 is 0 Å². The Balaban J connectivity index is 2.02. The van der Waals surface area contributed by atoms with Gasteiger partial charge in [0.2, 0.25) is 0 Å². The molecule has 0 spiro atoms. The second-order valence-electron chi connectivity index (χ2n) is 4.71. The number of aromatic nitrogens is 1. The van der Waals surface area contributed by atoms with Gasteiger partial charge in [0.15, 0.2) is 0 Å². The fourth-order valence-corrected chi connectivity index (χ4v) is 2.58. The third-order valence-corrected chi connectivity index (χ3v) is 4.44. The molecule has 96 valence electrons. The number of allylic oxidation sites excluding steroid dienone is 2. The van der Waals surface area contributed by atoms with Crippen molar-refractivity contribution < 1.29 is 4.74 Å². The summed E-state index contributed by atoms with van der Waals surface area (Å²) in [5.74, 6) is 0.890. The summed E-state index contributed by atoms with van der Waals surface area (Å²) in [7, 11) is 3.79. The average molecular weight is 314 g/mol. The van der Waals surface area contributed by atoms with Crippen LogP contribution < -0.4 is 4.74 Å². The van der Waals surface area contributed by atoms with Crippen molar-refractivity contribution in [1.82, 2.24) is 9.88 Å². The van der Waals surface area contributed by atoms with Crippen LogP contribution in [0.3, 0.4) is 0 Å². The summed E-state index contributed by atoms with van der Waals surface area (Å²) in [5, 5.41) is 1.18. The zero-order chi connectivity index (χ0) is 13.4. The third-order valence-electron chi connectivity index (χ3n) is 3.41. The number of hydrogen-bond acceptors (Lipinski definition) is 2. The van der Waals surface area contributed by atoms with E-state index in [0.29, 0.717) is 0 Å². The van der Waals surface area contributed by atoms with Crippen LogP contribution in [0.4, 0.5) is 0 Å². The first-order valence-electron chi connectivity index (χ1n) is 6.15. The van der Waals surface area contributed by atoms with E-state index in [1.807, 2.05) is 6.07 Å². The predicted octanol–water partition coefficient (Wildman–Crippen LogP) is 2.52. The SMILES string of the molecule is COc1ccc2[nH]c(C3=CC=C([As])N(C)C3)cc2c1. The summed E-state index contributed by atoms with van der Waals surface area (Å²) in [6, 6.07) is 8.27. The molecule has 0 atom stereocenters. The quantitative estimate of drug-likeness (QED) is 0.863. The van der Waals surface area contributed by atoms with Gasteiger partial charge in [-0.1, -0.05) is 0 Å². The molecule has 0 saturated carbocycles. The first kappa shape index (κ1) is 12.4. The maximum atomic E-state index is 5.26. The first-order valence-corrected chi connectivity index (χ1v) is 7.09. The second kappa shape index (κ2) is 4.82. The van der Waals surface area contributed by atoms with Crippen LogP contribution in [-0.4, -0.2) is 47.4 Å². The van der Waals surface area contributed by atoms with E-state index in [9.17, 15) is 0 Å². The maximum absolute atomic E-state index is 5.26. The van der Waals surface area contributed by atoms with Crippen molar-refractivity contribution in [2.45, 2.75) is 0 Å². The molecule has 1 aliphatic heterocycles. The zero-order valence-electron chi connectivity index (χ0n) is 11.0. The number of rotatable bonds is 2. The van der Waals surface area contributed by atoms with Gasteiger partial charge in [-0.05, 0) is 0 Å². The van der Waals surface area contributed by atoms with Gasteiger partial charge in [-0.2, -0.15) is 0 Å². The first-order chi connectivity index (χ1) is 9.17. The number of H-pyrrole nitrogens is 1. The summed E-state index contributed by atoms with van der Waals surface area (Å²) in [5.41, 5.74) is 3.61. The van der Waals surface area contributed by atoms with Crippen molar-refractivity contribution in [3.05, 3.63) is 46.6 Å². The number of ether oxygens (including phenoxy) is 1. The molecule has 1 aromatic heterocycles. The van der Waals surface area contributed by atoms with Crippen LogP contribution in [0.5, 0.6) is 5.75 Å². The van der Waals surface area contributed by atoms with E-state index in [4.69, 9.17) is 4.74 Å². The fraction of sp³-hybridized carbons (Fsp3) is 0.200. The Labute approximate surface area is 121 Å². The molecule has 1 aliphatic rings. The van der Waals surface area contributed by atoms with Gasteiger partial charge in [-0.15, -0.1) is 0 Å². The van der Waals surface area contributed by atoms with Crippen molar-refractivity contribution in [2.75, 3.05) is 20.7 Å². The number of fused-ring (bicyclic) bond motifs is 1. The Bertz CT molecular complexity index is 685. The van der Waals surface area contributed by atoms with E-state index in [1.54, 1.807) is 7.11 Å². The van der Waals surface area contributed by atoms with Crippen molar-refractivity contribution in [3.63, 3.8) is 0 Å². The van der Waals surface area contributed by atoms with E-state index in [2.05, 4.69) is 64.1 Å². The van der Waals surface area contributed by atoms with Crippen LogP contribution in [0.1, 0.15) is 5.69 Å². The topological polar surface area (TPSA) is 28.3 Å². The molecular weight excluding hydrogens is 299 g/mol. The minimum absolute atomic E-state index is 0.890. The molecule has 0 amide bonds. The minimum atomic E-state index is 0.890. The predicted molar refractivity (Wildman–Crippen MR) is 79.3 cm³/mol. The molecule has 2 heterocycles. The number of benzene rings is 1. The zero-order valence-corrected chi connectivity index (χ0v) is 12.9. The van der Waals surface area contributed by atoms with Crippen LogP contribution in [0.2, 0.25) is 0 Å². The number of hydrogen-bond donors (Lipinski definition) is 1. The number of nitrogens with zero attached hydrogens (tertiary/aromatic N) is 1. The second-order valence-corrected chi connectivity index (χ2v) is 5.67. The van der Waals surface area contributed by atoms with Gasteiger partial charge in [0.05, 0.1) is 0 Å². The number of nitrogens with one attached hydrogen (secondary N) is 1. The molecule has 2 aromatic rings. The number of likely N-dealkylation sites (N-methyl/N-ethyl adjacent to an activating group) is 1. The molecule has 3 rings (SSSR count). The summed E-state index contributed by atoms with van der Waals surface area (Å²) < 4.78 is 6.49. The van der Waals surface area contributed by atoms with E-state index in [-0.39, 0.29) is 0 Å². The van der Waals surface area contributed by atoms with Gasteiger partial charge >= 0.3 is 121 Å². The summed E-state index contributed by atoms with van der Waals surface area (Å²) in [6.45, 7) is 0.921. The molecule has 0 fully saturated rings. The molecule has 1 aromatic carbocycles. The molecule has 1 N–H and O–H groups in total. The monoisotopic (exact) mass is 314 g/mol. The third kappa shape index (κ3) is 2.31. The Morgan fingerprint density at radius 2 is 2.11 bits per heavy atom. The van der Waals surface area contributed by atoms with Gasteiger partial charge < -0.3 is 0 Å². The fourth-order valence-electron chi connectivity index (χ4n) is 2.28. The molecule has 19 heavy (non-hydrogen) atoms. The summed E-state index contributed by atoms with van der Waals surface area (Å²) in [6.07, 6.45) is 4.31. The standard InChI is InChI=1S/C15H15AsN2O/c1-18-9-10(3-6-15(18)16)14-8-11-7-12(19-2)4-5-13(11)17-14/h3-8,17H,9H2,1-2H3. The van der Waals surface area contributed by atoms with Gasteiger partial charge in [-0.3, -0.25) is 0 Å². The van der Waals surface area contributed by atoms with Crippen LogP contribution in [-0.2, 0) is 0 Å². The van der Waals surface area contributed by atoms with Crippen LogP contribution in [0.25, 0.3) is 16.5 Å². The van der Waals surface area contributed by atoms with Gasteiger partial charge in [0, 0.05) is 0 Å². The van der Waals surface area contributed by atoms with E-state index < -0.39 is 0 Å². The van der Waals surface area contributed by atoms with Crippen molar-refractivity contribution in [1.29, 1.82) is 0 Å². The molecule has 0 aliphatic carbocycles. The Hall–Kier alpha value is -1.60. The molecule has 3 nitrogen and oxygen atoms in total. The van der Waals surface area contributed by atoms with E-state index >= 15 is 0 Å². The molecule has 0 unspecified atom stereocenters. The van der Waals surface area contributed by atoms with Crippen LogP contribution in [0.15, 0.2) is 40.9 Å². The van der Waals surface area contributed by atoms with Crippen LogP contribution in [0, 0.1) is 0 Å². The van der Waals surface area contributed by atoms with Gasteiger partial charge in [0.1, 0.15) is 0 Å². The molecule has 2 radical (unpaired) electrons. The average Bonchev–Trinajstić information content (AvgIpc) is 2.84. The summed E-state index contributed by atoms with van der Waals surface area (Å²) in [4.78, 5) is 5.69.